The lowest BCUT2D eigenvalue weighted by molar-refractivity contribution is 0.948. The lowest BCUT2D eigenvalue weighted by atomic mass is 9.83. The smallest absolute Gasteiger partial charge is 0.00737 e. The summed E-state index contributed by atoms with van der Waals surface area (Å²) in [6.07, 6.45) is 0. The van der Waals surface area contributed by atoms with Gasteiger partial charge in [-0.25, -0.2) is 0 Å². The summed E-state index contributed by atoms with van der Waals surface area (Å²) in [6, 6.07) is 39.9. The van der Waals surface area contributed by atoms with Crippen molar-refractivity contribution in [1.29, 1.82) is 0 Å². The van der Waals surface area contributed by atoms with Crippen molar-refractivity contribution >= 4 is 43.1 Å². The molecular formula is C30H22. The number of hydrogen-bond donors (Lipinski definition) is 0. The minimum Gasteiger partial charge on any atom is -0.0616 e. The van der Waals surface area contributed by atoms with Gasteiger partial charge in [-0.3, -0.25) is 0 Å². The molecule has 142 valence electrons. The van der Waals surface area contributed by atoms with Gasteiger partial charge in [-0.2, -0.15) is 0 Å². The molecule has 0 heteroatoms. The number of rotatable bonds is 2. The molecule has 30 heavy (non-hydrogen) atoms. The van der Waals surface area contributed by atoms with Gasteiger partial charge in [-0.1, -0.05) is 104 Å². The Kier molecular flexibility index (Phi) is 3.86. The summed E-state index contributed by atoms with van der Waals surface area (Å²) in [4.78, 5) is 0. The molecule has 0 aromatic heterocycles. The van der Waals surface area contributed by atoms with Crippen molar-refractivity contribution in [2.45, 2.75) is 12.8 Å². The number of fused-ring (bicyclic) bond motifs is 6. The summed E-state index contributed by atoms with van der Waals surface area (Å²) >= 11 is 0. The largest absolute Gasteiger partial charge is 0.0616 e. The van der Waals surface area contributed by atoms with Crippen LogP contribution >= 0.6 is 0 Å². The summed E-state index contributed by atoms with van der Waals surface area (Å²) in [5.74, 6) is 0.286. The summed E-state index contributed by atoms with van der Waals surface area (Å²) in [5, 5.41) is 10.6. The Morgan fingerprint density at radius 2 is 0.733 bits per heavy atom. The summed E-state index contributed by atoms with van der Waals surface area (Å²) < 4.78 is 0. The van der Waals surface area contributed by atoms with E-state index in [2.05, 4.69) is 116 Å². The predicted molar refractivity (Wildman–Crippen MR) is 130 cm³/mol. The zero-order chi connectivity index (χ0) is 20.1. The molecule has 0 nitrogen and oxygen atoms in total. The SMILES string of the molecule is CC(c1cc2ccccc2c2ccccc12)c1cc2ccccc2c2ccccc12. The fourth-order valence-electron chi connectivity index (χ4n) is 5.05. The Morgan fingerprint density at radius 1 is 0.400 bits per heavy atom. The Balaban J connectivity index is 1.69. The second-order valence-corrected chi connectivity index (χ2v) is 8.19. The maximum atomic E-state index is 2.40. The molecule has 6 aromatic carbocycles. The van der Waals surface area contributed by atoms with Crippen LogP contribution in [0.4, 0.5) is 0 Å². The molecular weight excluding hydrogens is 360 g/mol. The first-order chi connectivity index (χ1) is 14.8. The van der Waals surface area contributed by atoms with Gasteiger partial charge in [0.1, 0.15) is 0 Å². The lowest BCUT2D eigenvalue weighted by Gasteiger charge is -2.20. The topological polar surface area (TPSA) is 0 Å². The lowest BCUT2D eigenvalue weighted by Crippen LogP contribution is -2.00. The van der Waals surface area contributed by atoms with Gasteiger partial charge in [0.2, 0.25) is 0 Å². The zero-order valence-electron chi connectivity index (χ0n) is 17.0. The van der Waals surface area contributed by atoms with Gasteiger partial charge in [0.05, 0.1) is 0 Å². The first kappa shape index (κ1) is 17.2. The van der Waals surface area contributed by atoms with E-state index in [1.54, 1.807) is 0 Å². The van der Waals surface area contributed by atoms with Gasteiger partial charge < -0.3 is 0 Å². The standard InChI is InChI=1S/C30H22/c1-20(29-18-21-10-2-4-12-23(21)25-14-6-8-16-27(25)29)30-19-22-11-3-5-13-24(22)26-15-7-9-17-28(26)30/h2-20H,1H3. The van der Waals surface area contributed by atoms with E-state index in [9.17, 15) is 0 Å². The maximum Gasteiger partial charge on any atom is 0.00737 e. The van der Waals surface area contributed by atoms with E-state index >= 15 is 0 Å². The zero-order valence-corrected chi connectivity index (χ0v) is 17.0. The molecule has 0 amide bonds. The van der Waals surface area contributed by atoms with Crippen LogP contribution in [0.2, 0.25) is 0 Å². The Hall–Kier alpha value is -3.64. The van der Waals surface area contributed by atoms with Crippen molar-refractivity contribution in [2.75, 3.05) is 0 Å². The maximum absolute atomic E-state index is 2.40. The monoisotopic (exact) mass is 382 g/mol. The van der Waals surface area contributed by atoms with Crippen LogP contribution in [0.15, 0.2) is 109 Å². The minimum atomic E-state index is 0.286. The number of hydrogen-bond acceptors (Lipinski definition) is 0. The molecule has 6 aromatic rings. The average molecular weight is 383 g/mol. The first-order valence-corrected chi connectivity index (χ1v) is 10.6. The predicted octanol–water partition coefficient (Wildman–Crippen LogP) is 8.45. The molecule has 0 bridgehead atoms. The van der Waals surface area contributed by atoms with Crippen LogP contribution in [0.1, 0.15) is 24.0 Å². The molecule has 0 heterocycles. The molecule has 6 rings (SSSR count). The minimum absolute atomic E-state index is 0.286. The Bertz CT molecular complexity index is 1440. The van der Waals surface area contributed by atoms with Crippen LogP contribution in [0.3, 0.4) is 0 Å². The fourth-order valence-corrected chi connectivity index (χ4v) is 5.05. The van der Waals surface area contributed by atoms with Crippen LogP contribution < -0.4 is 0 Å². The molecule has 0 aliphatic heterocycles. The van der Waals surface area contributed by atoms with Crippen LogP contribution in [-0.4, -0.2) is 0 Å². The van der Waals surface area contributed by atoms with Gasteiger partial charge in [0, 0.05) is 5.92 Å². The number of benzene rings is 6. The molecule has 0 unspecified atom stereocenters. The second-order valence-electron chi connectivity index (χ2n) is 8.19. The molecule has 0 atom stereocenters. The quantitative estimate of drug-likeness (QED) is 0.263. The third-order valence-corrected chi connectivity index (χ3v) is 6.53. The normalized spacial score (nSPS) is 11.8. The molecule has 0 fully saturated rings. The van der Waals surface area contributed by atoms with E-state index in [4.69, 9.17) is 0 Å². The fraction of sp³-hybridized carbons (Fsp3) is 0.0667. The van der Waals surface area contributed by atoms with E-state index in [1.165, 1.54) is 54.2 Å². The molecule has 0 N–H and O–H groups in total. The van der Waals surface area contributed by atoms with Gasteiger partial charge >= 0.3 is 0 Å². The highest BCUT2D eigenvalue weighted by atomic mass is 14.2. The average Bonchev–Trinajstić information content (AvgIpc) is 2.82. The Morgan fingerprint density at radius 3 is 1.17 bits per heavy atom. The van der Waals surface area contributed by atoms with Crippen molar-refractivity contribution in [3.8, 4) is 0 Å². The van der Waals surface area contributed by atoms with Gasteiger partial charge in [-0.05, 0) is 66.3 Å². The molecule has 0 spiro atoms. The summed E-state index contributed by atoms with van der Waals surface area (Å²) in [6.45, 7) is 2.35. The van der Waals surface area contributed by atoms with Crippen LogP contribution in [0.5, 0.6) is 0 Å². The molecule has 0 saturated carbocycles. The molecule has 0 aliphatic rings. The highest BCUT2D eigenvalue weighted by Gasteiger charge is 2.17. The van der Waals surface area contributed by atoms with Gasteiger partial charge in [-0.15, -0.1) is 0 Å². The second kappa shape index (κ2) is 6.71. The van der Waals surface area contributed by atoms with Crippen molar-refractivity contribution in [2.24, 2.45) is 0 Å². The van der Waals surface area contributed by atoms with Crippen LogP contribution in [-0.2, 0) is 0 Å². The first-order valence-electron chi connectivity index (χ1n) is 10.6. The van der Waals surface area contributed by atoms with E-state index in [1.807, 2.05) is 0 Å². The third kappa shape index (κ3) is 2.54. The van der Waals surface area contributed by atoms with Crippen LogP contribution in [0.25, 0.3) is 43.1 Å². The van der Waals surface area contributed by atoms with E-state index in [0.29, 0.717) is 0 Å². The summed E-state index contributed by atoms with van der Waals surface area (Å²) in [5.41, 5.74) is 2.79. The van der Waals surface area contributed by atoms with E-state index in [0.717, 1.165) is 0 Å². The molecule has 0 saturated heterocycles. The van der Waals surface area contributed by atoms with Crippen molar-refractivity contribution in [3.05, 3.63) is 120 Å². The molecule has 0 aliphatic carbocycles. The van der Waals surface area contributed by atoms with Crippen molar-refractivity contribution < 1.29 is 0 Å². The van der Waals surface area contributed by atoms with Crippen molar-refractivity contribution in [3.63, 3.8) is 0 Å². The highest BCUT2D eigenvalue weighted by Crippen LogP contribution is 2.39. The van der Waals surface area contributed by atoms with Crippen molar-refractivity contribution in [1.82, 2.24) is 0 Å². The Labute approximate surface area is 176 Å². The third-order valence-electron chi connectivity index (χ3n) is 6.53. The van der Waals surface area contributed by atoms with Gasteiger partial charge in [0.25, 0.3) is 0 Å². The molecule has 0 radical (unpaired) electrons. The van der Waals surface area contributed by atoms with Gasteiger partial charge in [0.15, 0.2) is 0 Å². The van der Waals surface area contributed by atoms with Crippen LogP contribution in [0, 0.1) is 0 Å². The summed E-state index contributed by atoms with van der Waals surface area (Å²) in [7, 11) is 0. The van der Waals surface area contributed by atoms with E-state index < -0.39 is 0 Å². The van der Waals surface area contributed by atoms with E-state index in [-0.39, 0.29) is 5.92 Å². The highest BCUT2D eigenvalue weighted by molar-refractivity contribution is 6.11.